The number of benzene rings is 4. The zero-order chi connectivity index (χ0) is 26.8. The summed E-state index contributed by atoms with van der Waals surface area (Å²) in [5.41, 5.74) is 0. The van der Waals surface area contributed by atoms with Crippen LogP contribution >= 0.6 is 21.4 Å². The first-order valence-electron chi connectivity index (χ1n) is 10.2. The summed E-state index contributed by atoms with van der Waals surface area (Å²) in [4.78, 5) is -0.0666. The van der Waals surface area contributed by atoms with Crippen LogP contribution < -0.4 is 9.47 Å². The molecule has 0 atom stereocenters. The lowest BCUT2D eigenvalue weighted by molar-refractivity contribution is 0.481. The predicted octanol–water partition coefficient (Wildman–Crippen LogP) is 5.96. The molecule has 0 saturated heterocycles. The monoisotopic (exact) mass is 598 g/mol. The first-order valence-corrected chi connectivity index (χ1v) is 16.3. The van der Waals surface area contributed by atoms with E-state index in [2.05, 4.69) is 0 Å². The average molecular weight is 599 g/mol. The Balaban J connectivity index is 1.45. The Hall–Kier alpha value is -3.09. The van der Waals surface area contributed by atoms with Crippen molar-refractivity contribution in [1.29, 1.82) is 0 Å². The second-order valence-corrected chi connectivity index (χ2v) is 14.6. The van der Waals surface area contributed by atoms with Crippen molar-refractivity contribution in [3.05, 3.63) is 97.1 Å². The summed E-state index contributed by atoms with van der Waals surface area (Å²) in [7, 11) is -0.951. The van der Waals surface area contributed by atoms with Crippen LogP contribution in [0, 0.1) is 0 Å². The molecule has 192 valence electrons. The van der Waals surface area contributed by atoms with E-state index in [1.165, 1.54) is 97.1 Å². The maximum atomic E-state index is 13.0. The molecule has 0 aliphatic rings. The van der Waals surface area contributed by atoms with E-state index in [1.807, 2.05) is 0 Å². The first kappa shape index (κ1) is 27.0. The van der Waals surface area contributed by atoms with Crippen LogP contribution in [-0.4, -0.2) is 25.3 Å². The standard InChI is InChI=1S/C24H16Cl2O8S3/c25-36(29,30)23-13-5-19(6-14-23)33-17-1-9-21(10-2-17)35(27,28)22-11-3-18(4-12-22)34-20-7-15-24(16-8-20)37(26,31)32/h1-16H. The number of sulfone groups is 1. The topological polar surface area (TPSA) is 121 Å². The van der Waals surface area contributed by atoms with Crippen LogP contribution in [0.2, 0.25) is 0 Å². The minimum atomic E-state index is -3.85. The van der Waals surface area contributed by atoms with Gasteiger partial charge in [-0.1, -0.05) is 0 Å². The molecule has 0 aromatic heterocycles. The van der Waals surface area contributed by atoms with Gasteiger partial charge in [0.05, 0.1) is 19.6 Å². The largest absolute Gasteiger partial charge is 0.457 e. The smallest absolute Gasteiger partial charge is 0.261 e. The van der Waals surface area contributed by atoms with Gasteiger partial charge in [0.15, 0.2) is 0 Å². The van der Waals surface area contributed by atoms with Gasteiger partial charge in [0.2, 0.25) is 9.84 Å². The quantitative estimate of drug-likeness (QED) is 0.228. The van der Waals surface area contributed by atoms with Crippen molar-refractivity contribution in [3.8, 4) is 23.0 Å². The Kier molecular flexibility index (Phi) is 7.54. The van der Waals surface area contributed by atoms with Gasteiger partial charge in [-0.25, -0.2) is 25.3 Å². The summed E-state index contributed by atoms with van der Waals surface area (Å²) in [6.07, 6.45) is 0. The normalized spacial score (nSPS) is 12.2. The SMILES string of the molecule is O=S(=O)(Cl)c1ccc(Oc2ccc(S(=O)(=O)c3ccc(Oc4ccc(S(=O)(=O)Cl)cc4)cc3)cc2)cc1. The van der Waals surface area contributed by atoms with E-state index in [-0.39, 0.29) is 19.6 Å². The fraction of sp³-hybridized carbons (Fsp3) is 0. The van der Waals surface area contributed by atoms with Gasteiger partial charge in [-0.3, -0.25) is 0 Å². The molecule has 4 aromatic rings. The molecule has 0 aliphatic heterocycles. The molecule has 8 nitrogen and oxygen atoms in total. The van der Waals surface area contributed by atoms with Gasteiger partial charge in [-0.05, 0) is 97.1 Å². The zero-order valence-corrected chi connectivity index (χ0v) is 22.4. The van der Waals surface area contributed by atoms with Crippen LogP contribution in [-0.2, 0) is 27.9 Å². The maximum Gasteiger partial charge on any atom is 0.261 e. The average Bonchev–Trinajstić information content (AvgIpc) is 2.84. The van der Waals surface area contributed by atoms with Crippen LogP contribution in [0.4, 0.5) is 0 Å². The molecule has 0 unspecified atom stereocenters. The highest BCUT2D eigenvalue weighted by atomic mass is 35.7. The van der Waals surface area contributed by atoms with Gasteiger partial charge in [0, 0.05) is 21.4 Å². The first-order chi connectivity index (χ1) is 17.3. The van der Waals surface area contributed by atoms with Crippen LogP contribution in [0.1, 0.15) is 0 Å². The van der Waals surface area contributed by atoms with E-state index in [4.69, 9.17) is 30.8 Å². The zero-order valence-electron chi connectivity index (χ0n) is 18.5. The van der Waals surface area contributed by atoms with Gasteiger partial charge in [-0.2, -0.15) is 0 Å². The van der Waals surface area contributed by atoms with Gasteiger partial charge in [0.25, 0.3) is 18.1 Å². The summed E-state index contributed by atoms with van der Waals surface area (Å²) < 4.78 is 82.6. The van der Waals surface area contributed by atoms with Crippen molar-refractivity contribution in [2.45, 2.75) is 19.6 Å². The molecule has 0 aliphatic carbocycles. The maximum absolute atomic E-state index is 13.0. The Morgan fingerprint density at radius 1 is 0.378 bits per heavy atom. The molecule has 0 heterocycles. The molecular formula is C24H16Cl2O8S3. The lowest BCUT2D eigenvalue weighted by atomic mass is 10.3. The molecule has 4 aromatic carbocycles. The Morgan fingerprint density at radius 3 is 0.811 bits per heavy atom. The van der Waals surface area contributed by atoms with Crippen LogP contribution in [0.15, 0.2) is 117 Å². The van der Waals surface area contributed by atoms with Crippen molar-refractivity contribution >= 4 is 49.3 Å². The van der Waals surface area contributed by atoms with E-state index in [0.29, 0.717) is 23.0 Å². The molecule has 0 spiro atoms. The van der Waals surface area contributed by atoms with Crippen molar-refractivity contribution in [3.63, 3.8) is 0 Å². The lowest BCUT2D eigenvalue weighted by Crippen LogP contribution is -2.02. The third-order valence-corrected chi connectivity index (χ3v) is 9.48. The van der Waals surface area contributed by atoms with Crippen molar-refractivity contribution in [1.82, 2.24) is 0 Å². The Morgan fingerprint density at radius 2 is 0.595 bits per heavy atom. The predicted molar refractivity (Wildman–Crippen MR) is 137 cm³/mol. The minimum absolute atomic E-state index is 0.0370. The van der Waals surface area contributed by atoms with Crippen molar-refractivity contribution < 1.29 is 34.7 Å². The molecular weight excluding hydrogens is 583 g/mol. The summed E-state index contributed by atoms with van der Waals surface area (Å²) >= 11 is 0. The highest BCUT2D eigenvalue weighted by Gasteiger charge is 2.18. The van der Waals surface area contributed by atoms with Gasteiger partial charge in [0.1, 0.15) is 23.0 Å². The minimum Gasteiger partial charge on any atom is -0.457 e. The van der Waals surface area contributed by atoms with E-state index in [1.54, 1.807) is 0 Å². The highest BCUT2D eigenvalue weighted by molar-refractivity contribution is 8.14. The summed E-state index contributed by atoms with van der Waals surface area (Å²) in [6, 6.07) is 22.3. The van der Waals surface area contributed by atoms with Crippen molar-refractivity contribution in [2.24, 2.45) is 0 Å². The molecule has 0 N–H and O–H groups in total. The molecule has 37 heavy (non-hydrogen) atoms. The fourth-order valence-electron chi connectivity index (χ4n) is 3.12. The van der Waals surface area contributed by atoms with Crippen molar-refractivity contribution in [2.75, 3.05) is 0 Å². The number of ether oxygens (including phenoxy) is 2. The molecule has 4 rings (SSSR count). The second kappa shape index (κ2) is 10.3. The van der Waals surface area contributed by atoms with E-state index >= 15 is 0 Å². The molecule has 13 heteroatoms. The number of rotatable bonds is 8. The molecule has 0 radical (unpaired) electrons. The van der Waals surface area contributed by atoms with Crippen LogP contribution in [0.25, 0.3) is 0 Å². The number of halogens is 2. The Labute approximate surface area is 222 Å². The van der Waals surface area contributed by atoms with Crippen LogP contribution in [0.5, 0.6) is 23.0 Å². The Bertz CT molecular complexity index is 1610. The number of hydrogen-bond donors (Lipinski definition) is 0. The van der Waals surface area contributed by atoms with Gasteiger partial charge in [-0.15, -0.1) is 0 Å². The van der Waals surface area contributed by atoms with Crippen LogP contribution in [0.3, 0.4) is 0 Å². The second-order valence-electron chi connectivity index (χ2n) is 7.47. The summed E-state index contributed by atoms with van der Waals surface area (Å²) in [5, 5.41) is 0. The fourth-order valence-corrected chi connectivity index (χ4v) is 5.92. The third kappa shape index (κ3) is 6.62. The van der Waals surface area contributed by atoms with E-state index in [0.717, 1.165) is 0 Å². The molecule has 0 amide bonds. The summed E-state index contributed by atoms with van der Waals surface area (Å²) in [6.45, 7) is 0. The van der Waals surface area contributed by atoms with E-state index in [9.17, 15) is 25.3 Å². The van der Waals surface area contributed by atoms with Gasteiger partial charge >= 0.3 is 0 Å². The third-order valence-electron chi connectivity index (χ3n) is 4.95. The van der Waals surface area contributed by atoms with E-state index < -0.39 is 27.9 Å². The summed E-state index contributed by atoms with van der Waals surface area (Å²) in [5.74, 6) is 1.37. The lowest BCUT2D eigenvalue weighted by Gasteiger charge is -2.10. The molecule has 0 saturated carbocycles. The number of hydrogen-bond acceptors (Lipinski definition) is 8. The highest BCUT2D eigenvalue weighted by Crippen LogP contribution is 2.29. The molecule has 0 fully saturated rings. The van der Waals surface area contributed by atoms with Gasteiger partial charge < -0.3 is 9.47 Å². The molecule has 0 bridgehead atoms.